The van der Waals surface area contributed by atoms with Crippen molar-refractivity contribution >= 4 is 23.4 Å². The lowest BCUT2D eigenvalue weighted by Crippen LogP contribution is -2.65. The number of carboxylic acid groups (broad SMARTS) is 1. The summed E-state index contributed by atoms with van der Waals surface area (Å²) in [6.45, 7) is 2.92. The van der Waals surface area contributed by atoms with Crippen LogP contribution in [0.3, 0.4) is 0 Å². The molecule has 0 atom stereocenters. The second-order valence-corrected chi connectivity index (χ2v) is 8.88. The number of amides is 1. The van der Waals surface area contributed by atoms with Gasteiger partial charge in [-0.1, -0.05) is 38.1 Å². The van der Waals surface area contributed by atoms with E-state index in [0.29, 0.717) is 11.5 Å². The van der Waals surface area contributed by atoms with Crippen LogP contribution in [0.15, 0.2) is 48.8 Å². The minimum absolute atomic E-state index is 0.0287. The molecule has 4 rings (SSSR count). The van der Waals surface area contributed by atoms with Crippen LogP contribution in [0.4, 0.5) is 20.3 Å². The average molecular weight is 498 g/mol. The van der Waals surface area contributed by atoms with Gasteiger partial charge in [0.05, 0.1) is 0 Å². The van der Waals surface area contributed by atoms with Gasteiger partial charge in [0.25, 0.3) is 0 Å². The maximum absolute atomic E-state index is 13.8. The van der Waals surface area contributed by atoms with Crippen LogP contribution in [0, 0.1) is 6.92 Å². The fraction of sp³-hybridized carbons (Fsp3) is 0.320. The van der Waals surface area contributed by atoms with Gasteiger partial charge in [0.1, 0.15) is 23.2 Å². The summed E-state index contributed by atoms with van der Waals surface area (Å²) in [6.07, 6.45) is 1.16. The number of carbonyl (C=O) groups is 2. The van der Waals surface area contributed by atoms with Crippen LogP contribution in [-0.2, 0) is 10.2 Å². The van der Waals surface area contributed by atoms with E-state index in [2.05, 4.69) is 25.0 Å². The molecule has 0 bridgehead atoms. The molecule has 0 saturated carbocycles. The molecule has 1 amide bonds. The molecule has 3 aromatic rings. The minimum atomic E-state index is -3.11. The Morgan fingerprint density at radius 3 is 2.53 bits per heavy atom. The standard InChI is InChI=1S/C25H25F2N5O4/c1-14(2)16-6-4-5-7-17(16)25(11-32(12-25)20-10-19(22(33)34)28-13-29-20)23(35)31-18-9-8-15(3)30-21(18)36-24(26)27/h4-10,13-14,24H,11-12H2,1-3H3,(H,31,35)(H,33,34). The second kappa shape index (κ2) is 9.84. The number of aryl methyl sites for hydroxylation is 1. The summed E-state index contributed by atoms with van der Waals surface area (Å²) in [5.41, 5.74) is 1.01. The Morgan fingerprint density at radius 1 is 1.14 bits per heavy atom. The van der Waals surface area contributed by atoms with Gasteiger partial charge < -0.3 is 20.1 Å². The van der Waals surface area contributed by atoms with Crippen LogP contribution in [0.5, 0.6) is 5.88 Å². The number of carboxylic acids is 1. The maximum Gasteiger partial charge on any atom is 0.388 e. The van der Waals surface area contributed by atoms with E-state index in [0.717, 1.165) is 17.5 Å². The van der Waals surface area contributed by atoms with E-state index in [-0.39, 0.29) is 36.3 Å². The zero-order valence-corrected chi connectivity index (χ0v) is 19.9. The van der Waals surface area contributed by atoms with Crippen molar-refractivity contribution < 1.29 is 28.2 Å². The molecule has 2 aromatic heterocycles. The summed E-state index contributed by atoms with van der Waals surface area (Å²) in [5, 5.41) is 12.0. The summed E-state index contributed by atoms with van der Waals surface area (Å²) < 4.78 is 30.5. The lowest BCUT2D eigenvalue weighted by atomic mass is 9.69. The highest BCUT2D eigenvalue weighted by atomic mass is 19.3. The number of aromatic carboxylic acids is 1. The molecule has 36 heavy (non-hydrogen) atoms. The normalized spacial score (nSPS) is 14.5. The fourth-order valence-corrected chi connectivity index (χ4v) is 4.32. The first-order valence-corrected chi connectivity index (χ1v) is 11.2. The van der Waals surface area contributed by atoms with Gasteiger partial charge in [0.15, 0.2) is 5.69 Å². The number of aromatic nitrogens is 3. The van der Waals surface area contributed by atoms with Gasteiger partial charge >= 0.3 is 12.6 Å². The molecule has 1 aliphatic rings. The first kappa shape index (κ1) is 25.0. The van der Waals surface area contributed by atoms with Crippen molar-refractivity contribution in [1.29, 1.82) is 0 Å². The number of hydrogen-bond donors (Lipinski definition) is 2. The third-order valence-electron chi connectivity index (χ3n) is 6.10. The van der Waals surface area contributed by atoms with Crippen molar-refractivity contribution in [1.82, 2.24) is 15.0 Å². The maximum atomic E-state index is 13.8. The molecule has 1 saturated heterocycles. The van der Waals surface area contributed by atoms with Crippen molar-refractivity contribution in [2.24, 2.45) is 0 Å². The Hall–Kier alpha value is -4.15. The molecule has 2 N–H and O–H groups in total. The Balaban J connectivity index is 1.72. The highest BCUT2D eigenvalue weighted by molar-refractivity contribution is 6.02. The molecule has 0 radical (unpaired) electrons. The fourth-order valence-electron chi connectivity index (χ4n) is 4.32. The van der Waals surface area contributed by atoms with Crippen LogP contribution >= 0.6 is 0 Å². The number of alkyl halides is 2. The average Bonchev–Trinajstić information content (AvgIpc) is 2.80. The largest absolute Gasteiger partial charge is 0.477 e. The van der Waals surface area contributed by atoms with Crippen molar-refractivity contribution in [3.63, 3.8) is 0 Å². The van der Waals surface area contributed by atoms with Crippen LogP contribution in [0.2, 0.25) is 0 Å². The summed E-state index contributed by atoms with van der Waals surface area (Å²) >= 11 is 0. The molecule has 0 unspecified atom stereocenters. The number of halogens is 2. The van der Waals surface area contributed by atoms with Crippen molar-refractivity contribution in [2.75, 3.05) is 23.3 Å². The number of hydrogen-bond acceptors (Lipinski definition) is 7. The molecule has 188 valence electrons. The predicted molar refractivity (Wildman–Crippen MR) is 128 cm³/mol. The summed E-state index contributed by atoms with van der Waals surface area (Å²) in [7, 11) is 0. The Bertz CT molecular complexity index is 1290. The number of benzene rings is 1. The van der Waals surface area contributed by atoms with Gasteiger partial charge in [-0.2, -0.15) is 8.78 Å². The smallest absolute Gasteiger partial charge is 0.388 e. The Labute approximate surface area is 206 Å². The van der Waals surface area contributed by atoms with Gasteiger partial charge in [0, 0.05) is 24.8 Å². The number of carbonyl (C=O) groups excluding carboxylic acids is 1. The van der Waals surface area contributed by atoms with E-state index in [1.54, 1.807) is 17.9 Å². The molecule has 0 aliphatic carbocycles. The number of anilines is 2. The molecular weight excluding hydrogens is 472 g/mol. The molecule has 9 nitrogen and oxygen atoms in total. The number of nitrogens with zero attached hydrogens (tertiary/aromatic N) is 4. The van der Waals surface area contributed by atoms with Crippen LogP contribution in [0.1, 0.15) is 47.1 Å². The van der Waals surface area contributed by atoms with Gasteiger partial charge in [-0.05, 0) is 36.1 Å². The van der Waals surface area contributed by atoms with E-state index < -0.39 is 23.9 Å². The first-order valence-electron chi connectivity index (χ1n) is 11.2. The van der Waals surface area contributed by atoms with Crippen LogP contribution in [-0.4, -0.2) is 51.6 Å². The topological polar surface area (TPSA) is 118 Å². The lowest BCUT2D eigenvalue weighted by Gasteiger charge is -2.50. The zero-order valence-electron chi connectivity index (χ0n) is 19.9. The molecule has 3 heterocycles. The SMILES string of the molecule is Cc1ccc(NC(=O)C2(c3ccccc3C(C)C)CN(c3cc(C(=O)O)ncn3)C2)c(OC(F)F)n1. The molecular formula is C25H25F2N5O4. The number of rotatable bonds is 8. The highest BCUT2D eigenvalue weighted by Crippen LogP contribution is 2.42. The summed E-state index contributed by atoms with van der Waals surface area (Å²) in [6, 6.07) is 12.0. The summed E-state index contributed by atoms with van der Waals surface area (Å²) in [4.78, 5) is 38.9. The molecule has 1 aliphatic heterocycles. The minimum Gasteiger partial charge on any atom is -0.477 e. The van der Waals surface area contributed by atoms with E-state index >= 15 is 0 Å². The molecule has 0 spiro atoms. The van der Waals surface area contributed by atoms with E-state index in [1.807, 2.05) is 38.1 Å². The first-order chi connectivity index (χ1) is 17.1. The van der Waals surface area contributed by atoms with Gasteiger partial charge in [-0.3, -0.25) is 4.79 Å². The van der Waals surface area contributed by atoms with Gasteiger partial charge in [-0.25, -0.2) is 19.7 Å². The Morgan fingerprint density at radius 2 is 1.86 bits per heavy atom. The number of pyridine rings is 1. The van der Waals surface area contributed by atoms with Crippen molar-refractivity contribution in [3.05, 3.63) is 71.3 Å². The lowest BCUT2D eigenvalue weighted by molar-refractivity contribution is -0.122. The number of ether oxygens (including phenoxy) is 1. The van der Waals surface area contributed by atoms with Crippen molar-refractivity contribution in [3.8, 4) is 5.88 Å². The molecule has 11 heteroatoms. The van der Waals surface area contributed by atoms with Crippen LogP contribution in [0.25, 0.3) is 0 Å². The molecule has 1 aromatic carbocycles. The predicted octanol–water partition coefficient (Wildman–Crippen LogP) is 4.00. The second-order valence-electron chi connectivity index (χ2n) is 8.88. The number of nitrogens with one attached hydrogen (secondary N) is 1. The van der Waals surface area contributed by atoms with Gasteiger partial charge in [0.2, 0.25) is 11.8 Å². The summed E-state index contributed by atoms with van der Waals surface area (Å²) in [5.74, 6) is -1.51. The highest BCUT2D eigenvalue weighted by Gasteiger charge is 2.52. The monoisotopic (exact) mass is 497 g/mol. The van der Waals surface area contributed by atoms with Crippen molar-refractivity contribution in [2.45, 2.75) is 38.7 Å². The zero-order chi connectivity index (χ0) is 26.0. The quantitative estimate of drug-likeness (QED) is 0.480. The van der Waals surface area contributed by atoms with Crippen LogP contribution < -0.4 is 15.0 Å². The van der Waals surface area contributed by atoms with E-state index in [4.69, 9.17) is 0 Å². The third-order valence-corrected chi connectivity index (χ3v) is 6.10. The van der Waals surface area contributed by atoms with E-state index in [1.165, 1.54) is 12.1 Å². The van der Waals surface area contributed by atoms with E-state index in [9.17, 15) is 23.5 Å². The third kappa shape index (κ3) is 4.81. The molecule has 1 fully saturated rings. The van der Waals surface area contributed by atoms with Gasteiger partial charge in [-0.15, -0.1) is 0 Å². The Kier molecular flexibility index (Phi) is 6.82.